The van der Waals surface area contributed by atoms with Gasteiger partial charge in [-0.25, -0.2) is 13.1 Å². The van der Waals surface area contributed by atoms with E-state index < -0.39 is 15.6 Å². The van der Waals surface area contributed by atoms with E-state index in [9.17, 15) is 8.42 Å². The van der Waals surface area contributed by atoms with Gasteiger partial charge in [-0.3, -0.25) is 5.41 Å². The first-order chi connectivity index (χ1) is 8.46. The van der Waals surface area contributed by atoms with Gasteiger partial charge < -0.3 is 5.73 Å². The summed E-state index contributed by atoms with van der Waals surface area (Å²) in [6.45, 7) is 0. The van der Waals surface area contributed by atoms with Crippen LogP contribution in [0.15, 0.2) is 0 Å². The van der Waals surface area contributed by atoms with Crippen LogP contribution in [0.4, 0.5) is 0 Å². The first-order valence-electron chi connectivity index (χ1n) is 6.84. The summed E-state index contributed by atoms with van der Waals surface area (Å²) in [6.07, 6.45) is 7.77. The molecule has 0 spiro atoms. The molecule has 5 nitrogen and oxygen atoms in total. The molecule has 2 saturated carbocycles. The Morgan fingerprint density at radius 3 is 2.17 bits per heavy atom. The van der Waals surface area contributed by atoms with Gasteiger partial charge in [0.25, 0.3) is 0 Å². The zero-order chi connectivity index (χ0) is 13.2. The largest absolute Gasteiger partial charge is 0.386 e. The minimum atomic E-state index is -3.34. The van der Waals surface area contributed by atoms with Gasteiger partial charge in [-0.05, 0) is 25.7 Å². The lowest BCUT2D eigenvalue weighted by Crippen LogP contribution is -2.57. The Hall–Kier alpha value is -0.620. The van der Waals surface area contributed by atoms with Gasteiger partial charge >= 0.3 is 0 Å². The van der Waals surface area contributed by atoms with E-state index in [4.69, 9.17) is 11.1 Å². The van der Waals surface area contributed by atoms with Crippen LogP contribution >= 0.6 is 0 Å². The summed E-state index contributed by atoms with van der Waals surface area (Å²) in [5, 5.41) is 7.40. The zero-order valence-corrected chi connectivity index (χ0v) is 11.6. The Bertz CT molecular complexity index is 407. The smallest absolute Gasteiger partial charge is 0.215 e. The van der Waals surface area contributed by atoms with Crippen LogP contribution in [0, 0.1) is 5.41 Å². The molecule has 2 aliphatic carbocycles. The average molecular weight is 273 g/mol. The summed E-state index contributed by atoms with van der Waals surface area (Å²) in [7, 11) is -3.34. The molecule has 0 radical (unpaired) electrons. The molecule has 0 heterocycles. The van der Waals surface area contributed by atoms with Crippen LogP contribution in [-0.2, 0) is 10.0 Å². The van der Waals surface area contributed by atoms with Crippen LogP contribution in [-0.4, -0.2) is 25.0 Å². The van der Waals surface area contributed by atoms with Gasteiger partial charge in [-0.2, -0.15) is 0 Å². The molecule has 0 aromatic rings. The highest BCUT2D eigenvalue weighted by atomic mass is 32.2. The van der Waals surface area contributed by atoms with Gasteiger partial charge in [0.1, 0.15) is 5.84 Å². The Balaban J connectivity index is 2.12. The molecule has 2 fully saturated rings. The molecular weight excluding hydrogens is 250 g/mol. The fraction of sp³-hybridized carbons (Fsp3) is 0.917. The van der Waals surface area contributed by atoms with Gasteiger partial charge in [0.2, 0.25) is 10.0 Å². The lowest BCUT2D eigenvalue weighted by atomic mass is 9.98. The van der Waals surface area contributed by atoms with Crippen molar-refractivity contribution in [2.75, 3.05) is 0 Å². The number of hydrogen-bond acceptors (Lipinski definition) is 3. The average Bonchev–Trinajstić information content (AvgIpc) is 2.79. The molecule has 2 rings (SSSR count). The summed E-state index contributed by atoms with van der Waals surface area (Å²) in [5.41, 5.74) is 4.83. The molecule has 0 atom stereocenters. The van der Waals surface area contributed by atoms with E-state index in [1.807, 2.05) is 0 Å². The second-order valence-corrected chi connectivity index (χ2v) is 7.57. The van der Waals surface area contributed by atoms with Crippen LogP contribution in [0.5, 0.6) is 0 Å². The lowest BCUT2D eigenvalue weighted by Gasteiger charge is -2.32. The number of rotatable bonds is 4. The molecule has 0 unspecified atom stereocenters. The Morgan fingerprint density at radius 1 is 1.11 bits per heavy atom. The van der Waals surface area contributed by atoms with Gasteiger partial charge in [0.05, 0.1) is 10.8 Å². The SMILES string of the molecule is N=C(N)C1(NS(=O)(=O)C2CCCCC2)CCCC1. The lowest BCUT2D eigenvalue weighted by molar-refractivity contribution is 0.452. The fourth-order valence-corrected chi connectivity index (χ4v) is 5.12. The maximum atomic E-state index is 12.4. The normalized spacial score (nSPS) is 25.1. The molecule has 0 bridgehead atoms. The Morgan fingerprint density at radius 2 is 1.67 bits per heavy atom. The molecular formula is C12H23N3O2S. The monoisotopic (exact) mass is 273 g/mol. The van der Waals surface area contributed by atoms with Crippen molar-refractivity contribution >= 4 is 15.9 Å². The van der Waals surface area contributed by atoms with Crippen molar-refractivity contribution < 1.29 is 8.42 Å². The second-order valence-electron chi connectivity index (χ2n) is 5.61. The molecule has 0 aromatic heterocycles. The quantitative estimate of drug-likeness (QED) is 0.535. The van der Waals surface area contributed by atoms with Crippen LogP contribution in [0.25, 0.3) is 0 Å². The molecule has 2 aliphatic rings. The molecule has 0 aliphatic heterocycles. The third kappa shape index (κ3) is 2.69. The van der Waals surface area contributed by atoms with Gasteiger partial charge in [-0.15, -0.1) is 0 Å². The van der Waals surface area contributed by atoms with Crippen molar-refractivity contribution in [1.29, 1.82) is 5.41 Å². The van der Waals surface area contributed by atoms with Crippen LogP contribution in [0.2, 0.25) is 0 Å². The highest BCUT2D eigenvalue weighted by Crippen LogP contribution is 2.32. The summed E-state index contributed by atoms with van der Waals surface area (Å²) in [4.78, 5) is 0. The van der Waals surface area contributed by atoms with E-state index in [1.165, 1.54) is 0 Å². The first kappa shape index (κ1) is 13.8. The number of nitrogens with one attached hydrogen (secondary N) is 2. The van der Waals surface area contributed by atoms with Gasteiger partial charge in [0.15, 0.2) is 0 Å². The Kier molecular flexibility index (Phi) is 3.96. The van der Waals surface area contributed by atoms with Crippen molar-refractivity contribution in [2.45, 2.75) is 68.6 Å². The Labute approximate surface area is 109 Å². The standard InChI is InChI=1S/C12H23N3O2S/c13-11(14)12(8-4-5-9-12)15-18(16,17)10-6-2-1-3-7-10/h10,15H,1-9H2,(H3,13,14). The van der Waals surface area contributed by atoms with Gasteiger partial charge in [0, 0.05) is 0 Å². The van der Waals surface area contributed by atoms with Crippen molar-refractivity contribution in [3.05, 3.63) is 0 Å². The molecule has 18 heavy (non-hydrogen) atoms. The minimum absolute atomic E-state index is 0.0283. The highest BCUT2D eigenvalue weighted by molar-refractivity contribution is 7.90. The summed E-state index contributed by atoms with van der Waals surface area (Å²) in [5.74, 6) is -0.0283. The third-order valence-electron chi connectivity index (χ3n) is 4.30. The van der Waals surface area contributed by atoms with E-state index in [2.05, 4.69) is 4.72 Å². The molecule has 0 saturated heterocycles. The fourth-order valence-electron chi connectivity index (χ4n) is 3.14. The molecule has 6 heteroatoms. The van der Waals surface area contributed by atoms with Crippen LogP contribution in [0.3, 0.4) is 0 Å². The van der Waals surface area contributed by atoms with Crippen molar-refractivity contribution in [3.63, 3.8) is 0 Å². The van der Waals surface area contributed by atoms with E-state index in [1.54, 1.807) is 0 Å². The highest BCUT2D eigenvalue weighted by Gasteiger charge is 2.42. The minimum Gasteiger partial charge on any atom is -0.386 e. The number of hydrogen-bond donors (Lipinski definition) is 3. The van der Waals surface area contributed by atoms with Crippen LogP contribution < -0.4 is 10.5 Å². The summed E-state index contributed by atoms with van der Waals surface area (Å²) in [6, 6.07) is 0. The molecule has 0 aromatic carbocycles. The molecule has 104 valence electrons. The maximum Gasteiger partial charge on any atom is 0.215 e. The number of nitrogens with two attached hydrogens (primary N) is 1. The summed E-state index contributed by atoms with van der Waals surface area (Å²) >= 11 is 0. The van der Waals surface area contributed by atoms with E-state index >= 15 is 0 Å². The first-order valence-corrected chi connectivity index (χ1v) is 8.38. The van der Waals surface area contributed by atoms with E-state index in [-0.39, 0.29) is 11.1 Å². The zero-order valence-electron chi connectivity index (χ0n) is 10.7. The van der Waals surface area contributed by atoms with Crippen LogP contribution in [0.1, 0.15) is 57.8 Å². The molecule has 0 amide bonds. The van der Waals surface area contributed by atoms with Crippen molar-refractivity contribution in [3.8, 4) is 0 Å². The molecule has 4 N–H and O–H groups in total. The third-order valence-corrected chi connectivity index (χ3v) is 6.33. The predicted molar refractivity (Wildman–Crippen MR) is 72.0 cm³/mol. The topological polar surface area (TPSA) is 96.0 Å². The number of amidine groups is 1. The van der Waals surface area contributed by atoms with Gasteiger partial charge in [-0.1, -0.05) is 32.1 Å². The van der Waals surface area contributed by atoms with Crippen molar-refractivity contribution in [1.82, 2.24) is 4.72 Å². The van der Waals surface area contributed by atoms with E-state index in [0.29, 0.717) is 12.8 Å². The predicted octanol–water partition coefficient (Wildman–Crippen LogP) is 1.49. The second kappa shape index (κ2) is 5.17. The maximum absolute atomic E-state index is 12.4. The number of sulfonamides is 1. The summed E-state index contributed by atoms with van der Waals surface area (Å²) < 4.78 is 27.5. The van der Waals surface area contributed by atoms with Crippen molar-refractivity contribution in [2.24, 2.45) is 5.73 Å². The van der Waals surface area contributed by atoms with E-state index in [0.717, 1.165) is 44.9 Å².